The lowest BCUT2D eigenvalue weighted by molar-refractivity contribution is -0.115. The number of nitrogens with one attached hydrogen (secondary N) is 1. The Morgan fingerprint density at radius 1 is 0.931 bits per heavy atom. The van der Waals surface area contributed by atoms with Crippen molar-refractivity contribution in [3.63, 3.8) is 0 Å². The fourth-order valence-electron chi connectivity index (χ4n) is 2.90. The van der Waals surface area contributed by atoms with Crippen LogP contribution in [0.4, 0.5) is 0 Å². The van der Waals surface area contributed by atoms with Gasteiger partial charge in [0.05, 0.1) is 13.7 Å². The maximum atomic E-state index is 12.9. The topological polar surface area (TPSA) is 47.6 Å². The van der Waals surface area contributed by atoms with E-state index in [1.807, 2.05) is 91.9 Å². The highest BCUT2D eigenvalue weighted by Gasteiger charge is 2.12. The molecule has 0 atom stereocenters. The summed E-state index contributed by atoms with van der Waals surface area (Å²) in [5, 5.41) is 2.96. The molecule has 0 aliphatic rings. The number of para-hydroxylation sites is 1. The van der Waals surface area contributed by atoms with E-state index in [4.69, 9.17) is 9.47 Å². The first-order valence-electron chi connectivity index (χ1n) is 9.55. The maximum Gasteiger partial charge on any atom is 0.252 e. The number of carbonyl (C=O) groups is 1. The molecule has 0 heterocycles. The van der Waals surface area contributed by atoms with Crippen LogP contribution in [-0.2, 0) is 4.79 Å². The van der Waals surface area contributed by atoms with E-state index in [0.717, 1.165) is 28.2 Å². The Bertz CT molecular complexity index is 963. The van der Waals surface area contributed by atoms with Gasteiger partial charge in [-0.15, -0.1) is 0 Å². The number of amides is 1. The zero-order valence-corrected chi connectivity index (χ0v) is 16.7. The van der Waals surface area contributed by atoms with E-state index in [2.05, 4.69) is 5.32 Å². The Hall–Kier alpha value is -3.53. The zero-order chi connectivity index (χ0) is 20.5. The summed E-state index contributed by atoms with van der Waals surface area (Å²) in [6, 6.07) is 25.1. The van der Waals surface area contributed by atoms with Crippen molar-refractivity contribution in [2.75, 3.05) is 20.3 Å². The highest BCUT2D eigenvalue weighted by atomic mass is 16.5. The molecule has 0 saturated carbocycles. The van der Waals surface area contributed by atoms with E-state index in [-0.39, 0.29) is 5.91 Å². The van der Waals surface area contributed by atoms with Crippen LogP contribution < -0.4 is 14.8 Å². The average molecular weight is 387 g/mol. The fraction of sp³-hybridized carbons (Fsp3) is 0.160. The summed E-state index contributed by atoms with van der Waals surface area (Å²) >= 11 is 0. The number of carbonyl (C=O) groups excluding carboxylic acids is 1. The van der Waals surface area contributed by atoms with E-state index in [1.165, 1.54) is 0 Å². The lowest BCUT2D eigenvalue weighted by Gasteiger charge is -2.12. The Kier molecular flexibility index (Phi) is 7.06. The van der Waals surface area contributed by atoms with Crippen LogP contribution in [0.2, 0.25) is 0 Å². The SMILES string of the molecule is COc1ccc(/C=C(/C(=O)NCCOc2ccccc2C)c2ccccc2)cc1. The van der Waals surface area contributed by atoms with Crippen LogP contribution in [0.3, 0.4) is 0 Å². The molecule has 0 aliphatic carbocycles. The van der Waals surface area contributed by atoms with Crippen molar-refractivity contribution in [1.82, 2.24) is 5.32 Å². The molecular formula is C25H25NO3. The van der Waals surface area contributed by atoms with Gasteiger partial charge in [0.1, 0.15) is 18.1 Å². The quantitative estimate of drug-likeness (QED) is 0.345. The third kappa shape index (κ3) is 5.72. The van der Waals surface area contributed by atoms with E-state index >= 15 is 0 Å². The lowest BCUT2D eigenvalue weighted by Crippen LogP contribution is -2.28. The van der Waals surface area contributed by atoms with Gasteiger partial charge in [-0.3, -0.25) is 4.79 Å². The number of rotatable bonds is 8. The number of aryl methyl sites for hydroxylation is 1. The molecule has 4 nitrogen and oxygen atoms in total. The highest BCUT2D eigenvalue weighted by molar-refractivity contribution is 6.24. The second kappa shape index (κ2) is 10.1. The summed E-state index contributed by atoms with van der Waals surface area (Å²) in [5.41, 5.74) is 3.46. The molecule has 0 radical (unpaired) electrons. The monoisotopic (exact) mass is 387 g/mol. The van der Waals surface area contributed by atoms with Crippen molar-refractivity contribution < 1.29 is 14.3 Å². The third-order valence-electron chi connectivity index (χ3n) is 4.50. The van der Waals surface area contributed by atoms with Crippen molar-refractivity contribution >= 4 is 17.6 Å². The summed E-state index contributed by atoms with van der Waals surface area (Å²) in [6.07, 6.45) is 1.88. The molecule has 0 saturated heterocycles. The molecule has 1 amide bonds. The molecule has 0 spiro atoms. The van der Waals surface area contributed by atoms with E-state index < -0.39 is 0 Å². The van der Waals surface area contributed by atoms with Gasteiger partial charge in [0.2, 0.25) is 0 Å². The molecule has 0 fully saturated rings. The highest BCUT2D eigenvalue weighted by Crippen LogP contribution is 2.20. The molecular weight excluding hydrogens is 362 g/mol. The Morgan fingerprint density at radius 2 is 1.62 bits per heavy atom. The van der Waals surface area contributed by atoms with E-state index in [1.54, 1.807) is 7.11 Å². The first kappa shape index (κ1) is 20.2. The van der Waals surface area contributed by atoms with Crippen molar-refractivity contribution in [1.29, 1.82) is 0 Å². The van der Waals surface area contributed by atoms with Gasteiger partial charge in [-0.2, -0.15) is 0 Å². The third-order valence-corrected chi connectivity index (χ3v) is 4.50. The molecule has 3 aromatic carbocycles. The largest absolute Gasteiger partial charge is 0.497 e. The molecule has 3 rings (SSSR count). The fourth-order valence-corrected chi connectivity index (χ4v) is 2.90. The molecule has 0 bridgehead atoms. The average Bonchev–Trinajstić information content (AvgIpc) is 2.77. The number of benzene rings is 3. The smallest absolute Gasteiger partial charge is 0.252 e. The van der Waals surface area contributed by atoms with Crippen molar-refractivity contribution in [3.05, 3.63) is 95.6 Å². The molecule has 148 valence electrons. The number of hydrogen-bond acceptors (Lipinski definition) is 3. The molecule has 1 N–H and O–H groups in total. The summed E-state index contributed by atoms with van der Waals surface area (Å²) in [6.45, 7) is 2.82. The van der Waals surface area contributed by atoms with Gasteiger partial charge in [-0.1, -0.05) is 60.7 Å². The van der Waals surface area contributed by atoms with Crippen molar-refractivity contribution in [2.45, 2.75) is 6.92 Å². The van der Waals surface area contributed by atoms with Crippen LogP contribution >= 0.6 is 0 Å². The van der Waals surface area contributed by atoms with Crippen LogP contribution in [0.5, 0.6) is 11.5 Å². The second-order valence-corrected chi connectivity index (χ2v) is 6.57. The predicted molar refractivity (Wildman–Crippen MR) is 117 cm³/mol. The summed E-state index contributed by atoms with van der Waals surface area (Å²) in [4.78, 5) is 12.9. The molecule has 29 heavy (non-hydrogen) atoms. The molecule has 0 unspecified atom stereocenters. The second-order valence-electron chi connectivity index (χ2n) is 6.57. The Labute approximate surface area is 171 Å². The van der Waals surface area contributed by atoms with Gasteiger partial charge >= 0.3 is 0 Å². The van der Waals surface area contributed by atoms with E-state index in [9.17, 15) is 4.79 Å². The molecule has 4 heteroatoms. The Morgan fingerprint density at radius 3 is 2.31 bits per heavy atom. The summed E-state index contributed by atoms with van der Waals surface area (Å²) in [5.74, 6) is 1.47. The van der Waals surface area contributed by atoms with Gasteiger partial charge in [0.15, 0.2) is 0 Å². The van der Waals surface area contributed by atoms with Crippen LogP contribution in [0.15, 0.2) is 78.9 Å². The minimum Gasteiger partial charge on any atom is -0.497 e. The first-order valence-corrected chi connectivity index (χ1v) is 9.55. The van der Waals surface area contributed by atoms with Crippen LogP contribution in [0, 0.1) is 6.92 Å². The van der Waals surface area contributed by atoms with Gasteiger partial charge in [0, 0.05) is 5.57 Å². The van der Waals surface area contributed by atoms with Crippen molar-refractivity contribution in [2.24, 2.45) is 0 Å². The minimum absolute atomic E-state index is 0.139. The maximum absolute atomic E-state index is 12.9. The lowest BCUT2D eigenvalue weighted by atomic mass is 10.0. The van der Waals surface area contributed by atoms with Gasteiger partial charge in [-0.25, -0.2) is 0 Å². The number of ether oxygens (including phenoxy) is 2. The Balaban J connectivity index is 1.69. The zero-order valence-electron chi connectivity index (χ0n) is 16.7. The minimum atomic E-state index is -0.139. The van der Waals surface area contributed by atoms with E-state index in [0.29, 0.717) is 18.7 Å². The van der Waals surface area contributed by atoms with Crippen LogP contribution in [0.25, 0.3) is 11.6 Å². The van der Waals surface area contributed by atoms with Gasteiger partial charge in [-0.05, 0) is 47.9 Å². The summed E-state index contributed by atoms with van der Waals surface area (Å²) < 4.78 is 11.0. The standard InChI is InChI=1S/C25H25NO3/c1-19-8-6-7-11-24(19)29-17-16-26-25(27)23(21-9-4-3-5-10-21)18-20-12-14-22(28-2)15-13-20/h3-15,18H,16-17H2,1-2H3,(H,26,27)/b23-18+. The normalized spacial score (nSPS) is 11.0. The van der Waals surface area contributed by atoms with Crippen molar-refractivity contribution in [3.8, 4) is 11.5 Å². The molecule has 3 aromatic rings. The summed E-state index contributed by atoms with van der Waals surface area (Å²) in [7, 11) is 1.63. The predicted octanol–water partition coefficient (Wildman–Crippen LogP) is 4.74. The van der Waals surface area contributed by atoms with Crippen LogP contribution in [-0.4, -0.2) is 26.2 Å². The van der Waals surface area contributed by atoms with Gasteiger partial charge in [0.25, 0.3) is 5.91 Å². The first-order chi connectivity index (χ1) is 14.2. The molecule has 0 aromatic heterocycles. The van der Waals surface area contributed by atoms with Crippen LogP contribution in [0.1, 0.15) is 16.7 Å². The van der Waals surface area contributed by atoms with Gasteiger partial charge < -0.3 is 14.8 Å². The molecule has 0 aliphatic heterocycles. The number of methoxy groups -OCH3 is 1. The number of hydrogen-bond donors (Lipinski definition) is 1.